The summed E-state index contributed by atoms with van der Waals surface area (Å²) in [6.07, 6.45) is 74.6. The molecule has 0 rings (SSSR count). The molecule has 1 atom stereocenters. The summed E-state index contributed by atoms with van der Waals surface area (Å²) in [6, 6.07) is 0. The quantitative estimate of drug-likeness (QED) is 0.0262. The molecule has 0 N–H and O–H groups in total. The second-order valence-corrected chi connectivity index (χ2v) is 19.1. The molecule has 396 valence electrons. The molecule has 6 heteroatoms. The van der Waals surface area contributed by atoms with Crippen molar-refractivity contribution in [2.75, 3.05) is 13.2 Å². The lowest BCUT2D eigenvalue weighted by molar-refractivity contribution is -0.167. The van der Waals surface area contributed by atoms with Crippen LogP contribution in [0.3, 0.4) is 0 Å². The lowest BCUT2D eigenvalue weighted by Gasteiger charge is -2.18. The molecule has 0 bridgehead atoms. The molecule has 0 heterocycles. The molecule has 0 aliphatic heterocycles. The number of carbonyl (C=O) groups excluding carboxylic acids is 3. The molecule has 0 radical (unpaired) electrons. The van der Waals surface area contributed by atoms with E-state index in [2.05, 4.69) is 106 Å². The van der Waals surface area contributed by atoms with Gasteiger partial charge in [0.1, 0.15) is 13.2 Å². The first-order valence-electron chi connectivity index (χ1n) is 29.1. The average molecular weight is 962 g/mol. The maximum absolute atomic E-state index is 12.8. The van der Waals surface area contributed by atoms with Crippen LogP contribution in [0.4, 0.5) is 0 Å². The number of allylic oxidation sites excluding steroid dienone is 14. The molecule has 0 aromatic rings. The highest BCUT2D eigenvalue weighted by atomic mass is 16.6. The molecule has 1 unspecified atom stereocenters. The minimum absolute atomic E-state index is 0.0787. The van der Waals surface area contributed by atoms with Crippen molar-refractivity contribution in [1.29, 1.82) is 0 Å². The number of hydrogen-bond donors (Lipinski definition) is 0. The Morgan fingerprint density at radius 3 is 0.884 bits per heavy atom. The normalized spacial score (nSPS) is 12.7. The molecule has 0 amide bonds. The SMILES string of the molecule is CC/C=C\C/C=C\C/C=C\C/C=C\CCCCCCCCCCCCCCCCC(=O)OCC(COC(=O)CCCCCCCCC)OC(=O)CCCCCCCCC/C=C\C/C=C\C/C=C\CC. The summed E-state index contributed by atoms with van der Waals surface area (Å²) in [5.74, 6) is -0.890. The van der Waals surface area contributed by atoms with Gasteiger partial charge in [0.25, 0.3) is 0 Å². The van der Waals surface area contributed by atoms with Gasteiger partial charge in [0, 0.05) is 19.3 Å². The van der Waals surface area contributed by atoms with Crippen LogP contribution in [0.1, 0.15) is 278 Å². The second kappa shape index (κ2) is 57.2. The highest BCUT2D eigenvalue weighted by Crippen LogP contribution is 2.16. The first-order valence-corrected chi connectivity index (χ1v) is 29.1. The highest BCUT2D eigenvalue weighted by Gasteiger charge is 2.19. The van der Waals surface area contributed by atoms with E-state index in [1.165, 1.54) is 128 Å². The number of ether oxygens (including phenoxy) is 3. The summed E-state index contributed by atoms with van der Waals surface area (Å²) in [5, 5.41) is 0. The van der Waals surface area contributed by atoms with E-state index in [1.807, 2.05) is 0 Å². The zero-order chi connectivity index (χ0) is 50.0. The second-order valence-electron chi connectivity index (χ2n) is 19.1. The van der Waals surface area contributed by atoms with Gasteiger partial charge in [-0.1, -0.05) is 254 Å². The van der Waals surface area contributed by atoms with E-state index in [1.54, 1.807) is 0 Å². The smallest absolute Gasteiger partial charge is 0.306 e. The van der Waals surface area contributed by atoms with Crippen molar-refractivity contribution in [3.05, 3.63) is 85.1 Å². The van der Waals surface area contributed by atoms with E-state index in [0.717, 1.165) is 109 Å². The zero-order valence-electron chi connectivity index (χ0n) is 45.3. The van der Waals surface area contributed by atoms with Crippen molar-refractivity contribution in [2.24, 2.45) is 0 Å². The van der Waals surface area contributed by atoms with Crippen molar-refractivity contribution < 1.29 is 28.6 Å². The van der Waals surface area contributed by atoms with Crippen molar-refractivity contribution in [2.45, 2.75) is 284 Å². The van der Waals surface area contributed by atoms with Gasteiger partial charge in [0.05, 0.1) is 0 Å². The summed E-state index contributed by atoms with van der Waals surface area (Å²) < 4.78 is 16.8. The van der Waals surface area contributed by atoms with Gasteiger partial charge in [-0.15, -0.1) is 0 Å². The fourth-order valence-corrected chi connectivity index (χ4v) is 8.10. The molecule has 0 saturated heterocycles. The van der Waals surface area contributed by atoms with Crippen molar-refractivity contribution >= 4 is 17.9 Å². The van der Waals surface area contributed by atoms with Crippen LogP contribution in [0.25, 0.3) is 0 Å². The molecule has 0 spiro atoms. The minimum atomic E-state index is -0.778. The van der Waals surface area contributed by atoms with Crippen LogP contribution in [0.15, 0.2) is 85.1 Å². The van der Waals surface area contributed by atoms with E-state index >= 15 is 0 Å². The van der Waals surface area contributed by atoms with Gasteiger partial charge in [0.15, 0.2) is 6.10 Å². The van der Waals surface area contributed by atoms with Gasteiger partial charge in [-0.25, -0.2) is 0 Å². The average Bonchev–Trinajstić information content (AvgIpc) is 3.35. The van der Waals surface area contributed by atoms with Gasteiger partial charge < -0.3 is 14.2 Å². The maximum atomic E-state index is 12.8. The highest BCUT2D eigenvalue weighted by molar-refractivity contribution is 5.71. The zero-order valence-corrected chi connectivity index (χ0v) is 45.3. The molecule has 69 heavy (non-hydrogen) atoms. The fraction of sp³-hybridized carbons (Fsp3) is 0.730. The summed E-state index contributed by atoms with van der Waals surface area (Å²) in [5.41, 5.74) is 0. The molecule has 0 aliphatic rings. The lowest BCUT2D eigenvalue weighted by atomic mass is 10.0. The fourth-order valence-electron chi connectivity index (χ4n) is 8.10. The monoisotopic (exact) mass is 961 g/mol. The van der Waals surface area contributed by atoms with Gasteiger partial charge in [-0.2, -0.15) is 0 Å². The van der Waals surface area contributed by atoms with Crippen LogP contribution in [-0.4, -0.2) is 37.2 Å². The Morgan fingerprint density at radius 2 is 0.565 bits per heavy atom. The minimum Gasteiger partial charge on any atom is -0.462 e. The van der Waals surface area contributed by atoms with Crippen LogP contribution in [-0.2, 0) is 28.6 Å². The number of unbranched alkanes of at least 4 members (excludes halogenated alkanes) is 27. The summed E-state index contributed by atoms with van der Waals surface area (Å²) in [4.78, 5) is 38.0. The van der Waals surface area contributed by atoms with Gasteiger partial charge >= 0.3 is 17.9 Å². The third kappa shape index (κ3) is 55.4. The van der Waals surface area contributed by atoms with Gasteiger partial charge in [-0.05, 0) is 89.9 Å². The van der Waals surface area contributed by atoms with Crippen LogP contribution in [0.2, 0.25) is 0 Å². The van der Waals surface area contributed by atoms with Crippen LogP contribution in [0, 0.1) is 0 Å². The van der Waals surface area contributed by atoms with Crippen LogP contribution < -0.4 is 0 Å². The van der Waals surface area contributed by atoms with Crippen LogP contribution >= 0.6 is 0 Å². The maximum Gasteiger partial charge on any atom is 0.306 e. The molecule has 0 aromatic heterocycles. The number of rotatable bonds is 52. The third-order valence-electron chi connectivity index (χ3n) is 12.4. The topological polar surface area (TPSA) is 78.9 Å². The summed E-state index contributed by atoms with van der Waals surface area (Å²) >= 11 is 0. The molecule has 0 aromatic carbocycles. The Bertz CT molecular complexity index is 1330. The molecular weight excluding hydrogens is 853 g/mol. The number of carbonyl (C=O) groups is 3. The Labute approximate surface area is 426 Å². The van der Waals surface area contributed by atoms with E-state index < -0.39 is 6.10 Å². The number of esters is 3. The van der Waals surface area contributed by atoms with Gasteiger partial charge in [-0.3, -0.25) is 14.4 Å². The predicted octanol–water partition coefficient (Wildman–Crippen LogP) is 19.5. The first kappa shape index (κ1) is 65.6. The molecular formula is C63H108O6. The lowest BCUT2D eigenvalue weighted by Crippen LogP contribution is -2.30. The number of hydrogen-bond acceptors (Lipinski definition) is 6. The Kier molecular flexibility index (Phi) is 54.3. The van der Waals surface area contributed by atoms with E-state index in [9.17, 15) is 14.4 Å². The standard InChI is InChI=1S/C63H108O6/c1-4-7-10-13-16-18-20-22-24-26-27-28-29-30-31-32-33-34-35-37-38-40-42-44-47-50-53-56-62(65)68-59-60(58-67-61(64)55-52-49-46-15-12-9-6-3)69-63(66)57-54-51-48-45-43-41-39-36-25-23-21-19-17-14-11-8-5-2/h7-8,10-11,16-19,22-25,27-28,60H,4-6,9,12-15,20-21,26,29-59H2,1-3H3/b10-7-,11-8-,18-16-,19-17-,24-22-,25-23-,28-27-. The molecule has 0 fully saturated rings. The Balaban J connectivity index is 4.13. The van der Waals surface area contributed by atoms with Gasteiger partial charge in [0.2, 0.25) is 0 Å². The van der Waals surface area contributed by atoms with E-state index in [4.69, 9.17) is 14.2 Å². The Morgan fingerprint density at radius 1 is 0.304 bits per heavy atom. The first-order chi connectivity index (χ1) is 34.0. The summed E-state index contributed by atoms with van der Waals surface area (Å²) in [7, 11) is 0. The van der Waals surface area contributed by atoms with E-state index in [0.29, 0.717) is 19.3 Å². The largest absolute Gasteiger partial charge is 0.462 e. The molecule has 6 nitrogen and oxygen atoms in total. The van der Waals surface area contributed by atoms with E-state index in [-0.39, 0.29) is 31.1 Å². The Hall–Kier alpha value is -3.41. The molecule has 0 saturated carbocycles. The van der Waals surface area contributed by atoms with Crippen molar-refractivity contribution in [1.82, 2.24) is 0 Å². The molecule has 0 aliphatic carbocycles. The van der Waals surface area contributed by atoms with Crippen LogP contribution in [0.5, 0.6) is 0 Å². The van der Waals surface area contributed by atoms with Crippen molar-refractivity contribution in [3.8, 4) is 0 Å². The third-order valence-corrected chi connectivity index (χ3v) is 12.4. The summed E-state index contributed by atoms with van der Waals surface area (Å²) in [6.45, 7) is 6.38. The van der Waals surface area contributed by atoms with Crippen molar-refractivity contribution in [3.63, 3.8) is 0 Å². The predicted molar refractivity (Wildman–Crippen MR) is 297 cm³/mol.